The first-order chi connectivity index (χ1) is 12.2. The van der Waals surface area contributed by atoms with E-state index >= 15 is 0 Å². The van der Waals surface area contributed by atoms with E-state index in [4.69, 9.17) is 23.2 Å². The maximum Gasteiger partial charge on any atom is 0.123 e. The van der Waals surface area contributed by atoms with Crippen LogP contribution in [0, 0.1) is 11.7 Å². The SMILES string of the molecule is CC(=Cc1ccc(F)cc1)C(O)(c1cccc(Cl)c1Cl)C(C)CN(C)C. The lowest BCUT2D eigenvalue weighted by Gasteiger charge is -2.38. The molecule has 140 valence electrons. The molecule has 26 heavy (non-hydrogen) atoms. The molecule has 2 rings (SSSR count). The van der Waals surface area contributed by atoms with Crippen LogP contribution in [-0.4, -0.2) is 30.6 Å². The molecule has 2 aromatic rings. The molecule has 2 nitrogen and oxygen atoms in total. The van der Waals surface area contributed by atoms with Gasteiger partial charge in [0.25, 0.3) is 0 Å². The molecule has 0 aliphatic carbocycles. The summed E-state index contributed by atoms with van der Waals surface area (Å²) in [6.07, 6.45) is 1.85. The van der Waals surface area contributed by atoms with Gasteiger partial charge in [-0.15, -0.1) is 0 Å². The van der Waals surface area contributed by atoms with Gasteiger partial charge in [-0.05, 0) is 50.4 Å². The van der Waals surface area contributed by atoms with Crippen LogP contribution in [0.2, 0.25) is 10.0 Å². The molecule has 0 heterocycles. The van der Waals surface area contributed by atoms with Crippen LogP contribution < -0.4 is 0 Å². The van der Waals surface area contributed by atoms with Gasteiger partial charge in [0, 0.05) is 18.0 Å². The highest BCUT2D eigenvalue weighted by Crippen LogP contribution is 2.43. The molecule has 0 spiro atoms. The lowest BCUT2D eigenvalue weighted by molar-refractivity contribution is 0.0106. The molecule has 0 amide bonds. The average Bonchev–Trinajstić information content (AvgIpc) is 2.58. The van der Waals surface area contributed by atoms with Gasteiger partial charge in [-0.2, -0.15) is 0 Å². The third-order valence-electron chi connectivity index (χ3n) is 4.57. The Morgan fingerprint density at radius 2 is 1.81 bits per heavy atom. The van der Waals surface area contributed by atoms with E-state index in [9.17, 15) is 9.50 Å². The third kappa shape index (κ3) is 4.47. The fraction of sp³-hybridized carbons (Fsp3) is 0.333. The molecule has 2 unspecified atom stereocenters. The Labute approximate surface area is 164 Å². The van der Waals surface area contributed by atoms with Crippen molar-refractivity contribution in [3.8, 4) is 0 Å². The Bertz CT molecular complexity index is 789. The molecular formula is C21H24Cl2FNO. The third-order valence-corrected chi connectivity index (χ3v) is 5.39. The quantitative estimate of drug-likeness (QED) is 0.685. The summed E-state index contributed by atoms with van der Waals surface area (Å²) in [6.45, 7) is 4.47. The van der Waals surface area contributed by atoms with Crippen LogP contribution in [0.25, 0.3) is 6.08 Å². The minimum atomic E-state index is -1.32. The lowest BCUT2D eigenvalue weighted by atomic mass is 9.76. The minimum absolute atomic E-state index is 0.162. The van der Waals surface area contributed by atoms with Crippen LogP contribution in [0.1, 0.15) is 25.0 Å². The van der Waals surface area contributed by atoms with Gasteiger partial charge < -0.3 is 10.0 Å². The van der Waals surface area contributed by atoms with Crippen molar-refractivity contribution in [2.75, 3.05) is 20.6 Å². The van der Waals surface area contributed by atoms with Gasteiger partial charge in [0.05, 0.1) is 10.0 Å². The zero-order chi connectivity index (χ0) is 19.5. The number of nitrogens with zero attached hydrogens (tertiary/aromatic N) is 1. The molecule has 5 heteroatoms. The van der Waals surface area contributed by atoms with E-state index < -0.39 is 5.60 Å². The van der Waals surface area contributed by atoms with E-state index in [1.807, 2.05) is 38.9 Å². The van der Waals surface area contributed by atoms with Crippen molar-refractivity contribution >= 4 is 29.3 Å². The maximum atomic E-state index is 13.2. The summed E-state index contributed by atoms with van der Waals surface area (Å²) >= 11 is 12.6. The maximum absolute atomic E-state index is 13.2. The first-order valence-corrected chi connectivity index (χ1v) is 9.17. The van der Waals surface area contributed by atoms with Gasteiger partial charge >= 0.3 is 0 Å². The van der Waals surface area contributed by atoms with E-state index in [-0.39, 0.29) is 11.7 Å². The summed E-state index contributed by atoms with van der Waals surface area (Å²) in [5.41, 5.74) is 0.762. The molecule has 0 aliphatic heterocycles. The molecule has 0 saturated heterocycles. The Kier molecular flexibility index (Phi) is 6.86. The van der Waals surface area contributed by atoms with Crippen molar-refractivity contribution in [1.29, 1.82) is 0 Å². The van der Waals surface area contributed by atoms with Gasteiger partial charge in [-0.25, -0.2) is 4.39 Å². The second kappa shape index (κ2) is 8.53. The molecule has 1 N–H and O–H groups in total. The number of aliphatic hydroxyl groups is 1. The van der Waals surface area contributed by atoms with Gasteiger partial charge in [0.2, 0.25) is 0 Å². The number of benzene rings is 2. The van der Waals surface area contributed by atoms with Crippen molar-refractivity contribution in [3.63, 3.8) is 0 Å². The van der Waals surface area contributed by atoms with Gasteiger partial charge in [0.1, 0.15) is 11.4 Å². The zero-order valence-electron chi connectivity index (χ0n) is 15.4. The Balaban J connectivity index is 2.59. The summed E-state index contributed by atoms with van der Waals surface area (Å²) in [5.74, 6) is -0.459. The predicted molar refractivity (Wildman–Crippen MR) is 108 cm³/mol. The molecule has 2 aromatic carbocycles. The van der Waals surface area contributed by atoms with Crippen molar-refractivity contribution in [2.45, 2.75) is 19.4 Å². The summed E-state index contributed by atoms with van der Waals surface area (Å²) < 4.78 is 13.2. The summed E-state index contributed by atoms with van der Waals surface area (Å²) in [6, 6.07) is 11.4. The predicted octanol–water partition coefficient (Wildman–Crippen LogP) is 5.62. The second-order valence-electron chi connectivity index (χ2n) is 6.91. The van der Waals surface area contributed by atoms with Crippen LogP contribution in [0.5, 0.6) is 0 Å². The van der Waals surface area contributed by atoms with Crippen molar-refractivity contribution in [3.05, 3.63) is 75.0 Å². The van der Waals surface area contributed by atoms with E-state index in [2.05, 4.69) is 0 Å². The summed E-state index contributed by atoms with van der Waals surface area (Å²) in [5, 5.41) is 12.5. The molecule has 2 atom stereocenters. The normalized spacial score (nSPS) is 15.8. The van der Waals surface area contributed by atoms with Gasteiger partial charge in [-0.3, -0.25) is 0 Å². The van der Waals surface area contributed by atoms with Gasteiger partial charge in [0.15, 0.2) is 0 Å². The smallest absolute Gasteiger partial charge is 0.123 e. The van der Waals surface area contributed by atoms with Crippen LogP contribution in [0.3, 0.4) is 0 Å². The largest absolute Gasteiger partial charge is 0.380 e. The van der Waals surface area contributed by atoms with Crippen LogP contribution in [-0.2, 0) is 5.60 Å². The summed E-state index contributed by atoms with van der Waals surface area (Å²) in [7, 11) is 3.91. The molecule has 0 radical (unpaired) electrons. The van der Waals surface area contributed by atoms with Crippen molar-refractivity contribution in [2.24, 2.45) is 5.92 Å². The monoisotopic (exact) mass is 395 g/mol. The van der Waals surface area contributed by atoms with E-state index in [0.717, 1.165) is 5.56 Å². The number of hydrogen-bond donors (Lipinski definition) is 1. The molecule has 0 saturated carbocycles. The number of halogens is 3. The van der Waals surface area contributed by atoms with Crippen LogP contribution in [0.15, 0.2) is 48.0 Å². The fourth-order valence-electron chi connectivity index (χ4n) is 3.26. The molecule has 0 fully saturated rings. The first kappa shape index (κ1) is 20.9. The van der Waals surface area contributed by atoms with Gasteiger partial charge in [-0.1, -0.05) is 60.5 Å². The lowest BCUT2D eigenvalue weighted by Crippen LogP contribution is -2.40. The Hall–Kier alpha value is -1.39. The highest BCUT2D eigenvalue weighted by molar-refractivity contribution is 6.42. The highest BCUT2D eigenvalue weighted by atomic mass is 35.5. The standard InChI is InChI=1S/C21H24Cl2FNO/c1-14(12-16-8-10-17(24)11-9-16)21(26,15(2)13-25(3)4)18-6-5-7-19(22)20(18)23/h5-12,15,26H,13H2,1-4H3. The second-order valence-corrected chi connectivity index (χ2v) is 7.70. The van der Waals surface area contributed by atoms with Crippen molar-refractivity contribution < 1.29 is 9.50 Å². The van der Waals surface area contributed by atoms with E-state index in [0.29, 0.717) is 27.7 Å². The van der Waals surface area contributed by atoms with E-state index in [1.165, 1.54) is 12.1 Å². The van der Waals surface area contributed by atoms with E-state index in [1.54, 1.807) is 30.3 Å². The summed E-state index contributed by atoms with van der Waals surface area (Å²) in [4.78, 5) is 2.01. The number of hydrogen-bond acceptors (Lipinski definition) is 2. The highest BCUT2D eigenvalue weighted by Gasteiger charge is 2.39. The molecule has 0 aliphatic rings. The number of rotatable bonds is 6. The first-order valence-electron chi connectivity index (χ1n) is 8.42. The minimum Gasteiger partial charge on any atom is -0.380 e. The van der Waals surface area contributed by atoms with Crippen LogP contribution in [0.4, 0.5) is 4.39 Å². The topological polar surface area (TPSA) is 23.5 Å². The van der Waals surface area contributed by atoms with Crippen molar-refractivity contribution in [1.82, 2.24) is 4.90 Å². The van der Waals surface area contributed by atoms with Crippen LogP contribution >= 0.6 is 23.2 Å². The molecule has 0 aromatic heterocycles. The fourth-order valence-corrected chi connectivity index (χ4v) is 3.71. The Morgan fingerprint density at radius 3 is 2.38 bits per heavy atom. The average molecular weight is 396 g/mol. The molecule has 0 bridgehead atoms. The zero-order valence-corrected chi connectivity index (χ0v) is 16.9. The Morgan fingerprint density at radius 1 is 1.19 bits per heavy atom. The molecular weight excluding hydrogens is 372 g/mol.